The van der Waals surface area contributed by atoms with Gasteiger partial charge in [-0.1, -0.05) is 22.1 Å². The van der Waals surface area contributed by atoms with Gasteiger partial charge in [0.2, 0.25) is 0 Å². The Labute approximate surface area is 74.5 Å². The molecule has 0 aliphatic heterocycles. The van der Waals surface area contributed by atoms with Crippen molar-refractivity contribution in [1.29, 1.82) is 0 Å². The van der Waals surface area contributed by atoms with Crippen LogP contribution in [0, 0.1) is 0 Å². The van der Waals surface area contributed by atoms with Gasteiger partial charge in [0.15, 0.2) is 0 Å². The maximum atomic E-state index is 12.2. The number of hydrogen-bond donors (Lipinski definition) is 0. The lowest BCUT2D eigenvalue weighted by Crippen LogP contribution is -2.09. The normalized spacial score (nSPS) is 12.7. The van der Waals surface area contributed by atoms with Crippen molar-refractivity contribution in [3.63, 3.8) is 0 Å². The van der Waals surface area contributed by atoms with Crippen LogP contribution >= 0.6 is 0 Å². The lowest BCUT2D eigenvalue weighted by atomic mass is 10.4. The summed E-state index contributed by atoms with van der Waals surface area (Å²) in [7, 11) is -10.5. The van der Waals surface area contributed by atoms with Crippen LogP contribution in [0.3, 0.4) is 0 Å². The van der Waals surface area contributed by atoms with Crippen LogP contribution in [0.5, 0.6) is 0 Å². The van der Waals surface area contributed by atoms with Crippen molar-refractivity contribution < 1.29 is 20.7 Å². The smallest absolute Gasteiger partial charge is 0.205 e. The van der Waals surface area contributed by atoms with E-state index in [1.807, 2.05) is 0 Å². The topological polar surface area (TPSA) is 68.3 Å². The van der Waals surface area contributed by atoms with Crippen LogP contribution in [0.1, 0.15) is 0 Å². The minimum absolute atomic E-state index is 0.572. The van der Waals surface area contributed by atoms with Crippen LogP contribution in [0.4, 0.5) is 3.89 Å². The van der Waals surface area contributed by atoms with Crippen LogP contribution in [-0.4, -0.2) is 16.8 Å². The molecule has 1 aromatic carbocycles. The summed E-state index contributed by atoms with van der Waals surface area (Å²) in [5.74, 6) is 0. The van der Waals surface area contributed by atoms with Gasteiger partial charge in [-0.2, -0.15) is 8.42 Å². The molecule has 0 aliphatic carbocycles. The molecule has 7 heteroatoms. The lowest BCUT2D eigenvalue weighted by molar-refractivity contribution is 0.552. The quantitative estimate of drug-likeness (QED) is 0.547. The largest absolute Gasteiger partial charge is 0.415 e. The summed E-state index contributed by atoms with van der Waals surface area (Å²) < 4.78 is 54.4. The predicted octanol–water partition coefficient (Wildman–Crippen LogP) is 0.675. The average molecular weight is 224 g/mol. The van der Waals surface area contributed by atoms with Gasteiger partial charge >= 0.3 is 18.1 Å². The second-order valence-corrected chi connectivity index (χ2v) is 6.84. The van der Waals surface area contributed by atoms with E-state index < -0.39 is 23.0 Å². The third-order valence-corrected chi connectivity index (χ3v) is 4.82. The molecule has 13 heavy (non-hydrogen) atoms. The van der Waals surface area contributed by atoms with Gasteiger partial charge in [-0.25, -0.2) is 8.42 Å². The van der Waals surface area contributed by atoms with Crippen molar-refractivity contribution in [3.05, 3.63) is 30.3 Å². The summed E-state index contributed by atoms with van der Waals surface area (Å²) in [6.45, 7) is 0. The van der Waals surface area contributed by atoms with Crippen LogP contribution < -0.4 is 0 Å². The molecule has 1 rings (SSSR count). The molecule has 0 aliphatic rings. The van der Waals surface area contributed by atoms with E-state index in [2.05, 4.69) is 0 Å². The molecule has 0 spiro atoms. The minimum atomic E-state index is -5.58. The van der Waals surface area contributed by atoms with Gasteiger partial charge < -0.3 is 0 Å². The third kappa shape index (κ3) is 1.86. The SMILES string of the molecule is O=S(=O)(F)S(=O)(=O)c1ccccc1. The Morgan fingerprint density at radius 1 is 0.923 bits per heavy atom. The highest BCUT2D eigenvalue weighted by Gasteiger charge is 2.30. The molecule has 0 amide bonds. The summed E-state index contributed by atoms with van der Waals surface area (Å²) in [5, 5.41) is 0. The van der Waals surface area contributed by atoms with E-state index in [1.54, 1.807) is 0 Å². The summed E-state index contributed by atoms with van der Waals surface area (Å²) in [5.41, 5.74) is 0. The Balaban J connectivity index is 3.43. The molecule has 72 valence electrons. The van der Waals surface area contributed by atoms with Crippen molar-refractivity contribution in [3.8, 4) is 0 Å². The summed E-state index contributed by atoms with van der Waals surface area (Å²) >= 11 is 0. The van der Waals surface area contributed by atoms with E-state index >= 15 is 0 Å². The molecule has 0 saturated heterocycles. The monoisotopic (exact) mass is 224 g/mol. The van der Waals surface area contributed by atoms with Gasteiger partial charge in [0.1, 0.15) is 0 Å². The first-order valence-electron chi connectivity index (χ1n) is 3.10. The van der Waals surface area contributed by atoms with Crippen molar-refractivity contribution in [2.24, 2.45) is 0 Å². The van der Waals surface area contributed by atoms with Gasteiger partial charge in [-0.3, -0.25) is 0 Å². The summed E-state index contributed by atoms with van der Waals surface area (Å²) in [6, 6.07) is 6.11. The van der Waals surface area contributed by atoms with E-state index in [1.165, 1.54) is 18.2 Å². The molecule has 0 saturated carbocycles. The number of halogens is 1. The molecular formula is C6H5FO4S2. The second kappa shape index (κ2) is 3.08. The number of hydrogen-bond acceptors (Lipinski definition) is 4. The molecule has 1 aromatic rings. The maximum absolute atomic E-state index is 12.2. The van der Waals surface area contributed by atoms with Crippen molar-refractivity contribution >= 4 is 18.1 Å². The Hall–Kier alpha value is -0.950. The van der Waals surface area contributed by atoms with E-state index in [0.29, 0.717) is 0 Å². The van der Waals surface area contributed by atoms with Crippen LogP contribution in [-0.2, 0) is 18.1 Å². The average Bonchev–Trinajstić information content (AvgIpc) is 2.04. The molecule has 0 aromatic heterocycles. The standard InChI is InChI=1S/C6H5FO4S2/c7-13(10,11)12(8,9)6-4-2-1-3-5-6/h1-5H. The molecule has 0 atom stereocenters. The maximum Gasteiger partial charge on any atom is 0.415 e. The number of benzene rings is 1. The molecule has 0 unspecified atom stereocenters. The Bertz CT molecular complexity index is 489. The second-order valence-electron chi connectivity index (χ2n) is 2.16. The fourth-order valence-electron chi connectivity index (χ4n) is 0.702. The summed E-state index contributed by atoms with van der Waals surface area (Å²) in [4.78, 5) is -0.572. The first-order chi connectivity index (χ1) is 5.86. The van der Waals surface area contributed by atoms with Crippen molar-refractivity contribution in [2.75, 3.05) is 0 Å². The molecule has 0 fully saturated rings. The van der Waals surface area contributed by atoms with Crippen LogP contribution in [0.2, 0.25) is 0 Å². The Morgan fingerprint density at radius 2 is 1.38 bits per heavy atom. The van der Waals surface area contributed by atoms with Crippen molar-refractivity contribution in [2.45, 2.75) is 4.90 Å². The highest BCUT2D eigenvalue weighted by Crippen LogP contribution is 2.17. The highest BCUT2D eigenvalue weighted by atomic mass is 33.2. The van der Waals surface area contributed by atoms with E-state index in [-0.39, 0.29) is 0 Å². The Kier molecular flexibility index (Phi) is 2.40. The van der Waals surface area contributed by atoms with Gasteiger partial charge in [-0.05, 0) is 12.1 Å². The van der Waals surface area contributed by atoms with E-state index in [9.17, 15) is 20.7 Å². The van der Waals surface area contributed by atoms with Gasteiger partial charge in [-0.15, -0.1) is 0 Å². The van der Waals surface area contributed by atoms with Gasteiger partial charge in [0, 0.05) is 0 Å². The fourth-order valence-corrected chi connectivity index (χ4v) is 2.45. The molecular weight excluding hydrogens is 219 g/mol. The lowest BCUT2D eigenvalue weighted by Gasteiger charge is -1.96. The fraction of sp³-hybridized carbons (Fsp3) is 0. The zero-order chi connectivity index (χ0) is 10.1. The summed E-state index contributed by atoms with van der Waals surface area (Å²) in [6.07, 6.45) is 0. The highest BCUT2D eigenvalue weighted by molar-refractivity contribution is 8.65. The van der Waals surface area contributed by atoms with Crippen LogP contribution in [0.25, 0.3) is 0 Å². The molecule has 0 N–H and O–H groups in total. The first kappa shape index (κ1) is 10.1. The van der Waals surface area contributed by atoms with Gasteiger partial charge in [0.05, 0.1) is 4.90 Å². The van der Waals surface area contributed by atoms with Crippen molar-refractivity contribution in [1.82, 2.24) is 0 Å². The van der Waals surface area contributed by atoms with Gasteiger partial charge in [0.25, 0.3) is 0 Å². The molecule has 0 heterocycles. The molecule has 0 radical (unpaired) electrons. The Morgan fingerprint density at radius 3 is 1.77 bits per heavy atom. The first-order valence-corrected chi connectivity index (χ1v) is 6.49. The number of rotatable bonds is 2. The predicted molar refractivity (Wildman–Crippen MR) is 43.7 cm³/mol. The minimum Gasteiger partial charge on any atom is -0.205 e. The molecule has 0 bridgehead atoms. The van der Waals surface area contributed by atoms with Crippen LogP contribution in [0.15, 0.2) is 35.2 Å². The van der Waals surface area contributed by atoms with E-state index in [4.69, 9.17) is 0 Å². The zero-order valence-electron chi connectivity index (χ0n) is 6.21. The van der Waals surface area contributed by atoms with E-state index in [0.717, 1.165) is 12.1 Å². The third-order valence-electron chi connectivity index (χ3n) is 1.29. The zero-order valence-corrected chi connectivity index (χ0v) is 7.85. The molecule has 4 nitrogen and oxygen atoms in total.